The van der Waals surface area contributed by atoms with Gasteiger partial charge in [0.1, 0.15) is 4.88 Å². The molecule has 0 aliphatic rings. The maximum absolute atomic E-state index is 11.5. The molecule has 1 amide bonds. The Morgan fingerprint density at radius 1 is 1.53 bits per heavy atom. The average Bonchev–Trinajstić information content (AvgIpc) is 2.64. The third kappa shape index (κ3) is 3.28. The van der Waals surface area contributed by atoms with Crippen LogP contribution in [0.5, 0.6) is 0 Å². The number of rotatable bonds is 4. The second-order valence-corrected chi connectivity index (χ2v) is 3.52. The third-order valence-electron chi connectivity index (χ3n) is 1.70. The first-order valence-electron chi connectivity index (χ1n) is 4.29. The van der Waals surface area contributed by atoms with Crippen molar-refractivity contribution in [1.29, 1.82) is 0 Å². The zero-order chi connectivity index (χ0) is 11.3. The van der Waals surface area contributed by atoms with Crippen molar-refractivity contribution in [3.8, 4) is 0 Å². The van der Waals surface area contributed by atoms with Gasteiger partial charge in [-0.2, -0.15) is 0 Å². The number of carbonyl (C=O) groups is 2. The maximum Gasteiger partial charge on any atom is 0.307 e. The topological polar surface area (TPSA) is 81.2 Å². The van der Waals surface area contributed by atoms with Crippen molar-refractivity contribution in [2.45, 2.75) is 13.3 Å². The summed E-state index contributed by atoms with van der Waals surface area (Å²) in [6.07, 6.45) is 0.160. The summed E-state index contributed by atoms with van der Waals surface area (Å²) >= 11 is 1.03. The zero-order valence-corrected chi connectivity index (χ0v) is 9.26. The Balaban J connectivity index is 2.38. The molecule has 82 valence electrons. The highest BCUT2D eigenvalue weighted by Gasteiger charge is 2.12. The van der Waals surface area contributed by atoms with Gasteiger partial charge in [-0.15, -0.1) is 5.10 Å². The van der Waals surface area contributed by atoms with E-state index >= 15 is 0 Å². The molecule has 7 heteroatoms. The molecule has 0 fully saturated rings. The molecule has 15 heavy (non-hydrogen) atoms. The molecule has 0 aliphatic carbocycles. The highest BCUT2D eigenvalue weighted by atomic mass is 32.1. The summed E-state index contributed by atoms with van der Waals surface area (Å²) in [5, 5.41) is 6.29. The van der Waals surface area contributed by atoms with Gasteiger partial charge in [0, 0.05) is 6.54 Å². The molecule has 0 bridgehead atoms. The van der Waals surface area contributed by atoms with Crippen molar-refractivity contribution < 1.29 is 14.3 Å². The van der Waals surface area contributed by atoms with Crippen LogP contribution in [-0.2, 0) is 9.53 Å². The molecule has 0 saturated carbocycles. The van der Waals surface area contributed by atoms with E-state index in [2.05, 4.69) is 19.6 Å². The van der Waals surface area contributed by atoms with Crippen molar-refractivity contribution in [3.05, 3.63) is 10.6 Å². The lowest BCUT2D eigenvalue weighted by Crippen LogP contribution is -2.26. The standard InChI is InChI=1S/C8H11N3O3S/c1-5-7(15-11-10-5)8(13)9-4-3-6(12)14-2/h3-4H2,1-2H3,(H,9,13). The van der Waals surface area contributed by atoms with Crippen LogP contribution in [0, 0.1) is 6.92 Å². The van der Waals surface area contributed by atoms with Crippen LogP contribution in [0.1, 0.15) is 21.8 Å². The maximum atomic E-state index is 11.5. The van der Waals surface area contributed by atoms with Gasteiger partial charge in [-0.25, -0.2) is 0 Å². The molecule has 0 spiro atoms. The molecule has 6 nitrogen and oxygen atoms in total. The van der Waals surface area contributed by atoms with Crippen molar-refractivity contribution in [2.75, 3.05) is 13.7 Å². The number of aromatic nitrogens is 2. The summed E-state index contributed by atoms with van der Waals surface area (Å²) in [5.74, 6) is -0.610. The summed E-state index contributed by atoms with van der Waals surface area (Å²) in [5.41, 5.74) is 0.593. The summed E-state index contributed by atoms with van der Waals surface area (Å²) in [4.78, 5) is 22.7. The Morgan fingerprint density at radius 3 is 2.80 bits per heavy atom. The predicted octanol–water partition coefficient (Wildman–Crippen LogP) is 0.139. The summed E-state index contributed by atoms with van der Waals surface area (Å²) < 4.78 is 8.08. The lowest BCUT2D eigenvalue weighted by Gasteiger charge is -2.01. The second-order valence-electron chi connectivity index (χ2n) is 2.77. The SMILES string of the molecule is COC(=O)CCNC(=O)c1snnc1C. The van der Waals surface area contributed by atoms with Crippen LogP contribution in [0.2, 0.25) is 0 Å². The van der Waals surface area contributed by atoms with Crippen LogP contribution >= 0.6 is 11.5 Å². The molecule has 0 radical (unpaired) electrons. The molecule has 1 heterocycles. The van der Waals surface area contributed by atoms with Gasteiger partial charge in [0.2, 0.25) is 0 Å². The number of nitrogens with one attached hydrogen (secondary N) is 1. The molecule has 0 aliphatic heterocycles. The fraction of sp³-hybridized carbons (Fsp3) is 0.500. The van der Waals surface area contributed by atoms with E-state index in [0.29, 0.717) is 10.6 Å². The number of nitrogens with zero attached hydrogens (tertiary/aromatic N) is 2. The first-order valence-corrected chi connectivity index (χ1v) is 5.06. The molecule has 1 rings (SSSR count). The zero-order valence-electron chi connectivity index (χ0n) is 8.44. The number of hydrogen-bond donors (Lipinski definition) is 1. The number of amides is 1. The number of hydrogen-bond acceptors (Lipinski definition) is 6. The number of ether oxygens (including phenoxy) is 1. The first-order chi connectivity index (χ1) is 7.15. The largest absolute Gasteiger partial charge is 0.469 e. The van der Waals surface area contributed by atoms with Crippen molar-refractivity contribution in [2.24, 2.45) is 0 Å². The fourth-order valence-electron chi connectivity index (χ4n) is 0.900. The van der Waals surface area contributed by atoms with Crippen LogP contribution in [0.3, 0.4) is 0 Å². The highest BCUT2D eigenvalue weighted by molar-refractivity contribution is 7.07. The van der Waals surface area contributed by atoms with Gasteiger partial charge in [-0.1, -0.05) is 4.49 Å². The molecular formula is C8H11N3O3S. The summed E-state index contributed by atoms with van der Waals surface area (Å²) in [6, 6.07) is 0. The van der Waals surface area contributed by atoms with E-state index in [1.54, 1.807) is 6.92 Å². The van der Waals surface area contributed by atoms with Gasteiger partial charge in [-0.05, 0) is 18.5 Å². The smallest absolute Gasteiger partial charge is 0.307 e. The Hall–Kier alpha value is -1.50. The van der Waals surface area contributed by atoms with Crippen LogP contribution in [-0.4, -0.2) is 35.1 Å². The molecule has 1 aromatic rings. The third-order valence-corrected chi connectivity index (χ3v) is 2.53. The van der Waals surface area contributed by atoms with E-state index in [4.69, 9.17) is 0 Å². The Morgan fingerprint density at radius 2 is 2.27 bits per heavy atom. The monoisotopic (exact) mass is 229 g/mol. The van der Waals surface area contributed by atoms with E-state index in [0.717, 1.165) is 11.5 Å². The molecule has 0 aromatic carbocycles. The minimum Gasteiger partial charge on any atom is -0.469 e. The number of carbonyl (C=O) groups excluding carboxylic acids is 2. The summed E-state index contributed by atoms with van der Waals surface area (Å²) in [7, 11) is 1.31. The Kier molecular flexibility index (Phi) is 4.17. The molecule has 1 aromatic heterocycles. The minimum atomic E-state index is -0.352. The van der Waals surface area contributed by atoms with Gasteiger partial charge in [0.25, 0.3) is 5.91 Å². The predicted molar refractivity (Wildman–Crippen MR) is 53.6 cm³/mol. The Labute approximate surface area is 90.8 Å². The van der Waals surface area contributed by atoms with Gasteiger partial charge < -0.3 is 10.1 Å². The molecule has 1 N–H and O–H groups in total. The van der Waals surface area contributed by atoms with Gasteiger partial charge in [0.15, 0.2) is 0 Å². The van der Waals surface area contributed by atoms with E-state index in [1.807, 2.05) is 0 Å². The second kappa shape index (κ2) is 5.40. The molecule has 0 unspecified atom stereocenters. The van der Waals surface area contributed by atoms with Gasteiger partial charge >= 0.3 is 5.97 Å². The van der Waals surface area contributed by atoms with E-state index < -0.39 is 0 Å². The van der Waals surface area contributed by atoms with Crippen molar-refractivity contribution in [1.82, 2.24) is 14.9 Å². The van der Waals surface area contributed by atoms with Crippen LogP contribution in [0.4, 0.5) is 0 Å². The van der Waals surface area contributed by atoms with E-state index in [1.165, 1.54) is 7.11 Å². The fourth-order valence-corrected chi connectivity index (χ4v) is 1.47. The summed E-state index contributed by atoms with van der Waals surface area (Å²) in [6.45, 7) is 1.96. The highest BCUT2D eigenvalue weighted by Crippen LogP contribution is 2.07. The lowest BCUT2D eigenvalue weighted by atomic mass is 10.3. The lowest BCUT2D eigenvalue weighted by molar-refractivity contribution is -0.140. The first kappa shape index (κ1) is 11.6. The van der Waals surface area contributed by atoms with Crippen LogP contribution in [0.25, 0.3) is 0 Å². The Bertz CT molecular complexity index is 364. The van der Waals surface area contributed by atoms with Gasteiger partial charge in [-0.3, -0.25) is 9.59 Å². The number of esters is 1. The van der Waals surface area contributed by atoms with Gasteiger partial charge in [0.05, 0.1) is 19.2 Å². The quantitative estimate of drug-likeness (QED) is 0.743. The minimum absolute atomic E-state index is 0.160. The normalized spacial score (nSPS) is 9.73. The number of methoxy groups -OCH3 is 1. The average molecular weight is 229 g/mol. The van der Waals surface area contributed by atoms with Crippen molar-refractivity contribution >= 4 is 23.4 Å². The molecule has 0 atom stereocenters. The van der Waals surface area contributed by atoms with Crippen molar-refractivity contribution in [3.63, 3.8) is 0 Å². The number of aryl methyl sites for hydroxylation is 1. The van der Waals surface area contributed by atoms with Crippen LogP contribution in [0.15, 0.2) is 0 Å². The van der Waals surface area contributed by atoms with E-state index in [-0.39, 0.29) is 24.8 Å². The molecular weight excluding hydrogens is 218 g/mol. The molecule has 0 saturated heterocycles. The van der Waals surface area contributed by atoms with Crippen LogP contribution < -0.4 is 5.32 Å². The van der Waals surface area contributed by atoms with E-state index in [9.17, 15) is 9.59 Å².